The van der Waals surface area contributed by atoms with Gasteiger partial charge in [0, 0.05) is 0 Å². The summed E-state index contributed by atoms with van der Waals surface area (Å²) in [7, 11) is 0. The lowest BCUT2D eigenvalue weighted by molar-refractivity contribution is -0.252. The van der Waals surface area contributed by atoms with E-state index in [0.29, 0.717) is 18.4 Å². The average Bonchev–Trinajstić information content (AvgIpc) is 2.17. The lowest BCUT2D eigenvalue weighted by Crippen LogP contribution is -2.17. The molecule has 0 radical (unpaired) electrons. The molecule has 80 valence electrons. The van der Waals surface area contributed by atoms with Gasteiger partial charge in [-0.25, -0.2) is 4.89 Å². The Balaban J connectivity index is 2.25. The zero-order chi connectivity index (χ0) is 10.4. The lowest BCUT2D eigenvalue weighted by atomic mass is 9.82. The second-order valence-corrected chi connectivity index (χ2v) is 4.05. The maximum Gasteiger partial charge on any atom is 0.152 e. The monoisotopic (exact) mass is 198 g/mol. The largest absolute Gasteiger partial charge is 0.295 e. The van der Waals surface area contributed by atoms with Gasteiger partial charge in [0.25, 0.3) is 0 Å². The second-order valence-electron chi connectivity index (χ2n) is 4.05. The van der Waals surface area contributed by atoms with Crippen molar-refractivity contribution >= 4 is 5.78 Å². The molecule has 1 fully saturated rings. The van der Waals surface area contributed by atoms with Crippen molar-refractivity contribution in [2.24, 2.45) is 11.8 Å². The Morgan fingerprint density at radius 2 is 2.07 bits per heavy atom. The van der Waals surface area contributed by atoms with Gasteiger partial charge in [0.15, 0.2) is 5.78 Å². The van der Waals surface area contributed by atoms with Crippen LogP contribution >= 0.6 is 0 Å². The van der Waals surface area contributed by atoms with Crippen LogP contribution in [0.4, 0.5) is 0 Å². The minimum Gasteiger partial charge on any atom is -0.295 e. The summed E-state index contributed by atoms with van der Waals surface area (Å²) in [5, 5.41) is 8.30. The van der Waals surface area contributed by atoms with E-state index in [1.807, 2.05) is 6.08 Å². The summed E-state index contributed by atoms with van der Waals surface area (Å²) in [6.45, 7) is 2.02. The summed E-state index contributed by atoms with van der Waals surface area (Å²) in [4.78, 5) is 14.9. The molecule has 0 aromatic carbocycles. The van der Waals surface area contributed by atoms with Crippen molar-refractivity contribution in [1.82, 2.24) is 0 Å². The van der Waals surface area contributed by atoms with Gasteiger partial charge < -0.3 is 0 Å². The SMILES string of the molecule is CC(=O)/C=C/C1CCC(COO)CC1. The van der Waals surface area contributed by atoms with Gasteiger partial charge in [-0.1, -0.05) is 6.08 Å². The van der Waals surface area contributed by atoms with Crippen LogP contribution in [0.15, 0.2) is 12.2 Å². The second kappa shape index (κ2) is 5.94. The molecule has 1 saturated carbocycles. The van der Waals surface area contributed by atoms with Gasteiger partial charge >= 0.3 is 0 Å². The quantitative estimate of drug-likeness (QED) is 0.428. The zero-order valence-corrected chi connectivity index (χ0v) is 8.61. The maximum absolute atomic E-state index is 10.7. The third-order valence-corrected chi connectivity index (χ3v) is 2.80. The Kier molecular flexibility index (Phi) is 4.84. The first-order chi connectivity index (χ1) is 6.72. The summed E-state index contributed by atoms with van der Waals surface area (Å²) in [5.41, 5.74) is 0. The highest BCUT2D eigenvalue weighted by Gasteiger charge is 2.19. The molecule has 0 amide bonds. The standard InChI is InChI=1S/C11H18O3/c1-9(12)2-3-10-4-6-11(7-5-10)8-14-13/h2-3,10-11,13H,4-8H2,1H3/b3-2+. The van der Waals surface area contributed by atoms with E-state index in [1.165, 1.54) is 0 Å². The molecular formula is C11H18O3. The summed E-state index contributed by atoms with van der Waals surface area (Å²) in [5.74, 6) is 1.14. The average molecular weight is 198 g/mol. The van der Waals surface area contributed by atoms with Gasteiger partial charge in [-0.15, -0.1) is 0 Å². The normalized spacial score (nSPS) is 28.1. The highest BCUT2D eigenvalue weighted by molar-refractivity contribution is 5.87. The van der Waals surface area contributed by atoms with E-state index >= 15 is 0 Å². The van der Waals surface area contributed by atoms with Crippen LogP contribution in [0, 0.1) is 11.8 Å². The van der Waals surface area contributed by atoms with E-state index in [4.69, 9.17) is 5.26 Å². The molecule has 0 saturated heterocycles. The molecule has 0 heterocycles. The molecule has 1 N–H and O–H groups in total. The number of rotatable bonds is 4. The van der Waals surface area contributed by atoms with E-state index in [-0.39, 0.29) is 5.78 Å². The molecule has 1 aliphatic rings. The molecule has 1 aliphatic carbocycles. The minimum absolute atomic E-state index is 0.116. The predicted octanol–water partition coefficient (Wildman–Crippen LogP) is 2.43. The minimum atomic E-state index is 0.116. The highest BCUT2D eigenvalue weighted by Crippen LogP contribution is 2.29. The number of hydrogen-bond acceptors (Lipinski definition) is 3. The Morgan fingerprint density at radius 1 is 1.43 bits per heavy atom. The molecule has 0 bridgehead atoms. The smallest absolute Gasteiger partial charge is 0.152 e. The van der Waals surface area contributed by atoms with E-state index in [0.717, 1.165) is 25.7 Å². The molecule has 14 heavy (non-hydrogen) atoms. The molecule has 0 aliphatic heterocycles. The summed E-state index contributed by atoms with van der Waals surface area (Å²) in [6, 6.07) is 0. The van der Waals surface area contributed by atoms with Crippen molar-refractivity contribution < 1.29 is 14.9 Å². The first kappa shape index (κ1) is 11.4. The van der Waals surface area contributed by atoms with Crippen LogP contribution in [0.1, 0.15) is 32.6 Å². The van der Waals surface area contributed by atoms with Gasteiger partial charge in [0.1, 0.15) is 0 Å². The van der Waals surface area contributed by atoms with Crippen LogP contribution < -0.4 is 0 Å². The van der Waals surface area contributed by atoms with Crippen LogP contribution in [0.3, 0.4) is 0 Å². The number of carbonyl (C=O) groups is 1. The van der Waals surface area contributed by atoms with Crippen molar-refractivity contribution in [3.8, 4) is 0 Å². The van der Waals surface area contributed by atoms with E-state index < -0.39 is 0 Å². The van der Waals surface area contributed by atoms with Crippen molar-refractivity contribution in [3.05, 3.63) is 12.2 Å². The van der Waals surface area contributed by atoms with Crippen molar-refractivity contribution in [2.75, 3.05) is 6.61 Å². The number of allylic oxidation sites excluding steroid dienone is 2. The van der Waals surface area contributed by atoms with Gasteiger partial charge in [0.2, 0.25) is 0 Å². The molecule has 0 unspecified atom stereocenters. The van der Waals surface area contributed by atoms with Crippen LogP contribution in [-0.4, -0.2) is 17.6 Å². The van der Waals surface area contributed by atoms with Gasteiger partial charge in [-0.2, -0.15) is 0 Å². The first-order valence-electron chi connectivity index (χ1n) is 5.17. The van der Waals surface area contributed by atoms with Crippen LogP contribution in [0.2, 0.25) is 0 Å². The molecule has 0 aromatic heterocycles. The van der Waals surface area contributed by atoms with Crippen molar-refractivity contribution in [2.45, 2.75) is 32.6 Å². The van der Waals surface area contributed by atoms with Crippen molar-refractivity contribution in [3.63, 3.8) is 0 Å². The van der Waals surface area contributed by atoms with Crippen LogP contribution in [-0.2, 0) is 9.68 Å². The van der Waals surface area contributed by atoms with Gasteiger partial charge in [0.05, 0.1) is 6.61 Å². The predicted molar refractivity (Wildman–Crippen MR) is 53.8 cm³/mol. The molecule has 0 spiro atoms. The molecule has 3 heteroatoms. The van der Waals surface area contributed by atoms with Crippen LogP contribution in [0.5, 0.6) is 0 Å². The fraction of sp³-hybridized carbons (Fsp3) is 0.727. The summed E-state index contributed by atoms with van der Waals surface area (Å²) in [6.07, 6.45) is 8.02. The third kappa shape index (κ3) is 4.03. The third-order valence-electron chi connectivity index (χ3n) is 2.80. The molecule has 0 aromatic rings. The topological polar surface area (TPSA) is 46.5 Å². The van der Waals surface area contributed by atoms with Gasteiger partial charge in [-0.05, 0) is 50.5 Å². The summed E-state index contributed by atoms with van der Waals surface area (Å²) >= 11 is 0. The number of carbonyl (C=O) groups excluding carboxylic acids is 1. The lowest BCUT2D eigenvalue weighted by Gasteiger charge is -2.25. The van der Waals surface area contributed by atoms with E-state index in [9.17, 15) is 4.79 Å². The maximum atomic E-state index is 10.7. The first-order valence-corrected chi connectivity index (χ1v) is 5.17. The zero-order valence-electron chi connectivity index (χ0n) is 8.61. The molecular weight excluding hydrogens is 180 g/mol. The molecule has 3 nitrogen and oxygen atoms in total. The Morgan fingerprint density at radius 3 is 2.57 bits per heavy atom. The highest BCUT2D eigenvalue weighted by atomic mass is 17.1. The van der Waals surface area contributed by atoms with Crippen LogP contribution in [0.25, 0.3) is 0 Å². The molecule has 1 rings (SSSR count). The fourth-order valence-electron chi connectivity index (χ4n) is 1.92. The van der Waals surface area contributed by atoms with E-state index in [2.05, 4.69) is 4.89 Å². The van der Waals surface area contributed by atoms with Gasteiger partial charge in [-0.3, -0.25) is 10.1 Å². The Bertz CT molecular complexity index is 203. The Hall–Kier alpha value is -0.670. The fourth-order valence-corrected chi connectivity index (χ4v) is 1.92. The number of hydrogen-bond donors (Lipinski definition) is 1. The van der Waals surface area contributed by atoms with E-state index in [1.54, 1.807) is 13.0 Å². The summed E-state index contributed by atoms with van der Waals surface area (Å²) < 4.78 is 0. The molecule has 0 atom stereocenters. The number of ketones is 1. The van der Waals surface area contributed by atoms with Crippen molar-refractivity contribution in [1.29, 1.82) is 0 Å². The Labute approximate surface area is 84.7 Å².